The van der Waals surface area contributed by atoms with Crippen molar-refractivity contribution in [1.82, 2.24) is 4.90 Å². The van der Waals surface area contributed by atoms with Crippen LogP contribution >= 0.6 is 11.8 Å². The summed E-state index contributed by atoms with van der Waals surface area (Å²) in [6.07, 6.45) is 3.12. The molecule has 1 amide bonds. The molecule has 0 aromatic heterocycles. The molecular formula is C20H17FN2O4S2. The third-order valence-electron chi connectivity index (χ3n) is 3.90. The van der Waals surface area contributed by atoms with Crippen LogP contribution in [0, 0.1) is 5.82 Å². The van der Waals surface area contributed by atoms with Gasteiger partial charge in [-0.15, -0.1) is 11.0 Å². The highest BCUT2D eigenvalue weighted by molar-refractivity contribution is 8.19. The number of hydrogen-bond acceptors (Lipinski definition) is 5. The van der Waals surface area contributed by atoms with Crippen LogP contribution in [-0.4, -0.2) is 38.0 Å². The van der Waals surface area contributed by atoms with Gasteiger partial charge >= 0.3 is 0 Å². The molecule has 0 spiro atoms. The van der Waals surface area contributed by atoms with Crippen LogP contribution in [0.2, 0.25) is 0 Å². The number of amides is 1. The van der Waals surface area contributed by atoms with Crippen molar-refractivity contribution in [1.29, 1.82) is 0 Å². The monoisotopic (exact) mass is 432 g/mol. The number of sulfonamides is 1. The lowest BCUT2D eigenvalue weighted by Gasteiger charge is -2.12. The first kappa shape index (κ1) is 20.8. The number of rotatable bonds is 6. The second-order valence-electron chi connectivity index (χ2n) is 5.89. The molecule has 1 heterocycles. The van der Waals surface area contributed by atoms with E-state index in [4.69, 9.17) is 4.74 Å². The molecule has 0 bridgehead atoms. The molecule has 1 fully saturated rings. The maximum Gasteiger partial charge on any atom is 0.284 e. The van der Waals surface area contributed by atoms with Crippen molar-refractivity contribution in [2.45, 2.75) is 4.90 Å². The van der Waals surface area contributed by atoms with Crippen molar-refractivity contribution in [2.75, 3.05) is 13.7 Å². The molecule has 9 heteroatoms. The van der Waals surface area contributed by atoms with E-state index in [9.17, 15) is 17.6 Å². The fourth-order valence-electron chi connectivity index (χ4n) is 2.51. The second kappa shape index (κ2) is 8.62. The molecule has 0 aliphatic carbocycles. The van der Waals surface area contributed by atoms with E-state index in [1.165, 1.54) is 11.0 Å². The van der Waals surface area contributed by atoms with Gasteiger partial charge in [-0.1, -0.05) is 18.2 Å². The van der Waals surface area contributed by atoms with Crippen molar-refractivity contribution >= 4 is 38.9 Å². The summed E-state index contributed by atoms with van der Waals surface area (Å²) in [4.78, 5) is 14.1. The molecule has 2 aromatic rings. The van der Waals surface area contributed by atoms with Gasteiger partial charge in [-0.3, -0.25) is 9.69 Å². The number of carbonyl (C=O) groups excluding carboxylic acids is 1. The summed E-state index contributed by atoms with van der Waals surface area (Å²) in [6, 6.07) is 11.4. The van der Waals surface area contributed by atoms with Crippen LogP contribution in [0.1, 0.15) is 5.56 Å². The maximum absolute atomic E-state index is 13.1. The zero-order chi connectivity index (χ0) is 21.0. The van der Waals surface area contributed by atoms with Gasteiger partial charge in [0.25, 0.3) is 15.9 Å². The van der Waals surface area contributed by atoms with Crippen molar-refractivity contribution in [2.24, 2.45) is 4.40 Å². The average Bonchev–Trinajstić information content (AvgIpc) is 2.97. The van der Waals surface area contributed by atoms with E-state index < -0.39 is 15.8 Å². The Bertz CT molecular complexity index is 1110. The Morgan fingerprint density at radius 2 is 1.97 bits per heavy atom. The predicted octanol–water partition coefficient (Wildman–Crippen LogP) is 3.68. The molecule has 3 rings (SSSR count). The first-order chi connectivity index (χ1) is 13.8. The van der Waals surface area contributed by atoms with Crippen molar-refractivity contribution in [3.05, 3.63) is 77.5 Å². The fraction of sp³-hybridized carbons (Fsp3) is 0.100. The largest absolute Gasteiger partial charge is 0.497 e. The second-order valence-corrected chi connectivity index (χ2v) is 8.51. The lowest BCUT2D eigenvalue weighted by molar-refractivity contribution is -0.121. The fourth-order valence-corrected chi connectivity index (χ4v) is 4.70. The van der Waals surface area contributed by atoms with Crippen LogP contribution < -0.4 is 4.74 Å². The van der Waals surface area contributed by atoms with Gasteiger partial charge in [0.05, 0.1) is 16.9 Å². The molecule has 6 nitrogen and oxygen atoms in total. The highest BCUT2D eigenvalue weighted by Gasteiger charge is 2.34. The van der Waals surface area contributed by atoms with Crippen LogP contribution in [0.3, 0.4) is 0 Å². The Balaban J connectivity index is 1.98. The minimum Gasteiger partial charge on any atom is -0.497 e. The van der Waals surface area contributed by atoms with E-state index in [0.717, 1.165) is 41.6 Å². The van der Waals surface area contributed by atoms with Crippen molar-refractivity contribution < 1.29 is 22.3 Å². The van der Waals surface area contributed by atoms with Gasteiger partial charge in [0.1, 0.15) is 11.6 Å². The van der Waals surface area contributed by atoms with E-state index in [1.807, 2.05) is 0 Å². The minimum absolute atomic E-state index is 0.00775. The number of halogens is 1. The smallest absolute Gasteiger partial charge is 0.284 e. The van der Waals surface area contributed by atoms with Gasteiger partial charge in [-0.05, 0) is 59.8 Å². The molecular weight excluding hydrogens is 415 g/mol. The molecule has 1 aliphatic heterocycles. The molecule has 1 aliphatic rings. The Kier molecular flexibility index (Phi) is 6.19. The Morgan fingerprint density at radius 1 is 1.24 bits per heavy atom. The number of ether oxygens (including phenoxy) is 1. The molecule has 0 saturated carbocycles. The molecule has 0 radical (unpaired) electrons. The topological polar surface area (TPSA) is 76.0 Å². The number of thioether (sulfide) groups is 1. The Labute approximate surface area is 172 Å². The third kappa shape index (κ3) is 4.75. The van der Waals surface area contributed by atoms with Gasteiger partial charge in [-0.2, -0.15) is 8.42 Å². The van der Waals surface area contributed by atoms with Crippen LogP contribution in [0.15, 0.2) is 75.4 Å². The summed E-state index contributed by atoms with van der Waals surface area (Å²) in [5.74, 6) is -0.310. The molecule has 0 N–H and O–H groups in total. The molecule has 29 heavy (non-hydrogen) atoms. The van der Waals surface area contributed by atoms with Gasteiger partial charge in [0.15, 0.2) is 5.17 Å². The van der Waals surface area contributed by atoms with Gasteiger partial charge < -0.3 is 4.74 Å². The van der Waals surface area contributed by atoms with Gasteiger partial charge in [0.2, 0.25) is 0 Å². The van der Waals surface area contributed by atoms with Crippen molar-refractivity contribution in [3.8, 4) is 5.75 Å². The molecule has 150 valence electrons. The average molecular weight is 432 g/mol. The Hall–Kier alpha value is -2.91. The van der Waals surface area contributed by atoms with E-state index >= 15 is 0 Å². The number of hydrogen-bond donors (Lipinski definition) is 0. The number of benzene rings is 2. The van der Waals surface area contributed by atoms with E-state index in [-0.39, 0.29) is 22.5 Å². The highest BCUT2D eigenvalue weighted by Crippen LogP contribution is 2.34. The van der Waals surface area contributed by atoms with E-state index in [1.54, 1.807) is 37.5 Å². The lowest BCUT2D eigenvalue weighted by atomic mass is 10.2. The summed E-state index contributed by atoms with van der Waals surface area (Å²) in [6.45, 7) is 3.70. The number of nitrogens with zero attached hydrogens (tertiary/aromatic N) is 2. The van der Waals surface area contributed by atoms with Gasteiger partial charge in [-0.25, -0.2) is 4.39 Å². The summed E-state index contributed by atoms with van der Waals surface area (Å²) in [7, 11) is -2.58. The zero-order valence-corrected chi connectivity index (χ0v) is 17.0. The maximum atomic E-state index is 13.1. The van der Waals surface area contributed by atoms with Crippen LogP contribution in [0.5, 0.6) is 5.75 Å². The zero-order valence-electron chi connectivity index (χ0n) is 15.4. The normalized spacial score (nSPS) is 17.2. The number of methoxy groups -OCH3 is 1. The first-order valence-corrected chi connectivity index (χ1v) is 10.7. The third-order valence-corrected chi connectivity index (χ3v) is 6.30. The SMILES string of the molecule is C=CCN1C(=O)C(=Cc2cccc(OC)c2)SC1=NS(=O)(=O)c1ccc(F)cc1. The minimum atomic E-state index is -4.12. The number of carbonyl (C=O) groups is 1. The molecule has 0 unspecified atom stereocenters. The summed E-state index contributed by atoms with van der Waals surface area (Å²) in [5, 5.41) is 0.00775. The summed E-state index contributed by atoms with van der Waals surface area (Å²) < 4.78 is 47.2. The number of amidine groups is 1. The molecule has 0 atom stereocenters. The summed E-state index contributed by atoms with van der Waals surface area (Å²) in [5.41, 5.74) is 0.724. The lowest BCUT2D eigenvalue weighted by Crippen LogP contribution is -2.29. The highest BCUT2D eigenvalue weighted by atomic mass is 32.2. The Morgan fingerprint density at radius 3 is 2.62 bits per heavy atom. The van der Waals surface area contributed by atoms with E-state index in [0.29, 0.717) is 10.7 Å². The van der Waals surface area contributed by atoms with Crippen molar-refractivity contribution in [3.63, 3.8) is 0 Å². The van der Waals surface area contributed by atoms with Crippen LogP contribution in [-0.2, 0) is 14.8 Å². The quantitative estimate of drug-likeness (QED) is 0.514. The van der Waals surface area contributed by atoms with Crippen LogP contribution in [0.4, 0.5) is 4.39 Å². The molecule has 1 saturated heterocycles. The summed E-state index contributed by atoms with van der Waals surface area (Å²) >= 11 is 0.945. The predicted molar refractivity (Wildman–Crippen MR) is 111 cm³/mol. The van der Waals surface area contributed by atoms with E-state index in [2.05, 4.69) is 11.0 Å². The standard InChI is InChI=1S/C20H17FN2O4S2/c1-3-11-23-19(24)18(13-14-5-4-6-16(12-14)27-2)28-20(23)22-29(25,26)17-9-7-15(21)8-10-17/h3-10,12-13H,1,11H2,2H3. The first-order valence-electron chi connectivity index (χ1n) is 8.41. The van der Waals surface area contributed by atoms with Gasteiger partial charge in [0, 0.05) is 6.54 Å². The molecule has 2 aromatic carbocycles. The van der Waals surface area contributed by atoms with Crippen LogP contribution in [0.25, 0.3) is 6.08 Å².